The van der Waals surface area contributed by atoms with Gasteiger partial charge in [0.25, 0.3) is 0 Å². The second kappa shape index (κ2) is 31.3. The van der Waals surface area contributed by atoms with Crippen molar-refractivity contribution >= 4 is 11.9 Å². The molecule has 25 unspecified atom stereocenters. The molecule has 8 N–H and O–H groups in total. The maximum atomic E-state index is 14.0. The molecule has 0 bridgehead atoms. The van der Waals surface area contributed by atoms with Crippen LogP contribution in [0.3, 0.4) is 0 Å². The Kier molecular flexibility index (Phi) is 26.5. The van der Waals surface area contributed by atoms with Gasteiger partial charge in [0.15, 0.2) is 18.4 Å². The first-order chi connectivity index (χ1) is 38.2. The molecule has 18 nitrogen and oxygen atoms in total. The van der Waals surface area contributed by atoms with Crippen LogP contribution in [0.4, 0.5) is 0 Å². The molecule has 5 aliphatic rings. The van der Waals surface area contributed by atoms with E-state index in [1.807, 2.05) is 106 Å². The fourth-order valence-electron chi connectivity index (χ4n) is 12.7. The zero-order chi connectivity index (χ0) is 60.1. The minimum Gasteiger partial charge on any atom is -0.458 e. The lowest BCUT2D eigenvalue weighted by Gasteiger charge is -2.49. The van der Waals surface area contributed by atoms with Crippen LogP contribution >= 0.6 is 0 Å². The molecule has 0 aromatic heterocycles. The second-order valence-corrected chi connectivity index (χ2v) is 24.0. The molecular formula is C63H102O18. The van der Waals surface area contributed by atoms with Crippen LogP contribution in [0.1, 0.15) is 161 Å². The van der Waals surface area contributed by atoms with E-state index >= 15 is 0 Å². The first-order valence-corrected chi connectivity index (χ1v) is 30.2. The molecule has 0 radical (unpaired) electrons. The van der Waals surface area contributed by atoms with Gasteiger partial charge in [-0.05, 0) is 84.3 Å². The molecule has 0 aromatic carbocycles. The minimum atomic E-state index is -1.83. The van der Waals surface area contributed by atoms with Gasteiger partial charge in [0.05, 0.1) is 60.5 Å². The molecule has 81 heavy (non-hydrogen) atoms. The molecule has 0 saturated carbocycles. The minimum absolute atomic E-state index is 0.000686. The van der Waals surface area contributed by atoms with Crippen LogP contribution in [-0.2, 0) is 47.5 Å². The topological polar surface area (TPSA) is 270 Å². The number of carbonyl (C=O) groups is 2. The van der Waals surface area contributed by atoms with Gasteiger partial charge in [-0.25, -0.2) is 9.59 Å². The molecule has 18 heteroatoms. The SMILES string of the molecule is CCC1=C/C=C/C(CC)C(C(C)C(O)CC2(O)CC(OC3CC(O)C(O)C(C)O3)C(CC)C(C)O2)OC(=O)/C=C/C(CC)=C/C=C/C(CC)C(C(C)C(O)CC2(C)CC(OC3OC(C)C(O)C(O)C3O)C(CC)C(C)O2)OC(=O)C=C1. The predicted molar refractivity (Wildman–Crippen MR) is 305 cm³/mol. The quantitative estimate of drug-likeness (QED) is 0.0635. The van der Waals surface area contributed by atoms with Crippen LogP contribution in [0, 0.1) is 35.5 Å². The summed E-state index contributed by atoms with van der Waals surface area (Å²) < 4.78 is 50.1. The Hall–Kier alpha value is -3.18. The molecule has 0 aromatic rings. The summed E-state index contributed by atoms with van der Waals surface area (Å²) in [6.45, 7) is 24.5. The summed E-state index contributed by atoms with van der Waals surface area (Å²) in [5.74, 6) is -5.34. The largest absolute Gasteiger partial charge is 0.458 e. The third-order valence-electron chi connectivity index (χ3n) is 18.0. The van der Waals surface area contributed by atoms with Crippen LogP contribution < -0.4 is 0 Å². The standard InChI is InChI=1S/C63H102O18/c1-14-41-22-20-24-43(16-3)59(35(7)48(65)31-62(13)33-50(45(18-5)37(9)80-62)77-61-58(72)57(71)56(70)40(12)75-61)78-52(67)28-26-42(15-2)23-21-25-44(17-4)60(79-53(68)29-27-41)36(8)49(66)32-63(73)34-51(46(19-6)38(10)81-63)76-54-30-47(64)55(69)39(11)74-54/h20-29,35-40,43-51,54-61,64-66,69-73H,14-19,30-34H2,1-13H3/b24-20+,25-21+,28-26?,29-27+,41-22+,42-23?. The van der Waals surface area contributed by atoms with E-state index in [1.54, 1.807) is 32.9 Å². The number of cyclic esters (lactones) is 2. The van der Waals surface area contributed by atoms with Crippen LogP contribution in [0.25, 0.3) is 0 Å². The monoisotopic (exact) mass is 1150 g/mol. The predicted octanol–water partition coefficient (Wildman–Crippen LogP) is 7.12. The molecule has 5 heterocycles. The summed E-state index contributed by atoms with van der Waals surface area (Å²) in [6.07, 6.45) is 5.79. The molecule has 0 aliphatic carbocycles. The number of hydrogen-bond acceptors (Lipinski definition) is 18. The van der Waals surface area contributed by atoms with E-state index in [-0.39, 0.29) is 49.5 Å². The maximum Gasteiger partial charge on any atom is 0.331 e. The van der Waals surface area contributed by atoms with Gasteiger partial charge >= 0.3 is 11.9 Å². The van der Waals surface area contributed by atoms with Gasteiger partial charge in [-0.1, -0.05) is 104 Å². The first kappa shape index (κ1) is 68.6. The number of aliphatic hydroxyl groups excluding tert-OH is 7. The highest BCUT2D eigenvalue weighted by Gasteiger charge is 2.51. The number of rotatable bonds is 18. The molecule has 4 fully saturated rings. The van der Waals surface area contributed by atoms with E-state index in [0.29, 0.717) is 44.9 Å². The molecule has 25 atom stereocenters. The highest BCUT2D eigenvalue weighted by atomic mass is 16.7. The number of aliphatic hydroxyl groups is 8. The summed E-state index contributed by atoms with van der Waals surface area (Å²) in [7, 11) is 0. The van der Waals surface area contributed by atoms with Crippen LogP contribution in [0.2, 0.25) is 0 Å². The van der Waals surface area contributed by atoms with E-state index in [9.17, 15) is 50.4 Å². The Labute approximate surface area is 482 Å². The summed E-state index contributed by atoms with van der Waals surface area (Å²) in [4.78, 5) is 27.9. The second-order valence-electron chi connectivity index (χ2n) is 24.0. The zero-order valence-corrected chi connectivity index (χ0v) is 50.5. The smallest absolute Gasteiger partial charge is 0.331 e. The third kappa shape index (κ3) is 18.4. The lowest BCUT2D eigenvalue weighted by Crippen LogP contribution is -2.60. The molecule has 0 amide bonds. The number of carbonyl (C=O) groups excluding carboxylic acids is 2. The fourth-order valence-corrected chi connectivity index (χ4v) is 12.7. The van der Waals surface area contributed by atoms with Crippen molar-refractivity contribution in [3.8, 4) is 0 Å². The molecule has 0 spiro atoms. The number of allylic oxidation sites excluding steroid dienone is 8. The summed E-state index contributed by atoms with van der Waals surface area (Å²) in [5, 5.41) is 88.8. The normalized spacial score (nSPS) is 43.1. The third-order valence-corrected chi connectivity index (χ3v) is 18.0. The van der Waals surface area contributed by atoms with E-state index in [4.69, 9.17) is 37.9 Å². The Morgan fingerprint density at radius 1 is 0.593 bits per heavy atom. The zero-order valence-electron chi connectivity index (χ0n) is 50.5. The average molecular weight is 1150 g/mol. The highest BCUT2D eigenvalue weighted by Crippen LogP contribution is 2.43. The van der Waals surface area contributed by atoms with E-state index < -0.39 is 139 Å². The lowest BCUT2D eigenvalue weighted by molar-refractivity contribution is -0.330. The molecular weight excluding hydrogens is 1040 g/mol. The van der Waals surface area contributed by atoms with Crippen molar-refractivity contribution in [3.63, 3.8) is 0 Å². The van der Waals surface area contributed by atoms with Gasteiger partial charge in [0, 0.05) is 79.8 Å². The Morgan fingerprint density at radius 2 is 1.07 bits per heavy atom. The molecule has 462 valence electrons. The van der Waals surface area contributed by atoms with Crippen LogP contribution in [0.5, 0.6) is 0 Å². The average Bonchev–Trinajstić information content (AvgIpc) is 3.40. The number of esters is 2. The van der Waals surface area contributed by atoms with E-state index in [0.717, 1.165) is 11.1 Å². The van der Waals surface area contributed by atoms with Crippen LogP contribution in [-0.4, -0.2) is 168 Å². The van der Waals surface area contributed by atoms with Gasteiger partial charge in [0.2, 0.25) is 0 Å². The van der Waals surface area contributed by atoms with Crippen molar-refractivity contribution < 1.29 is 88.3 Å². The van der Waals surface area contributed by atoms with Crippen molar-refractivity contribution in [2.75, 3.05) is 0 Å². The van der Waals surface area contributed by atoms with E-state index in [2.05, 4.69) is 0 Å². The Balaban J connectivity index is 1.38. The Morgan fingerprint density at radius 3 is 1.56 bits per heavy atom. The van der Waals surface area contributed by atoms with Crippen molar-refractivity contribution in [2.24, 2.45) is 35.5 Å². The maximum absolute atomic E-state index is 14.0. The number of hydrogen-bond donors (Lipinski definition) is 8. The van der Waals surface area contributed by atoms with Gasteiger partial charge in [-0.15, -0.1) is 0 Å². The van der Waals surface area contributed by atoms with Crippen molar-refractivity contribution in [3.05, 3.63) is 71.9 Å². The van der Waals surface area contributed by atoms with Gasteiger partial charge in [0.1, 0.15) is 36.6 Å². The highest BCUT2D eigenvalue weighted by molar-refractivity contribution is 5.83. The van der Waals surface area contributed by atoms with Crippen molar-refractivity contribution in [1.82, 2.24) is 0 Å². The van der Waals surface area contributed by atoms with Gasteiger partial charge < -0.3 is 78.7 Å². The summed E-state index contributed by atoms with van der Waals surface area (Å²) in [5.41, 5.74) is 0.661. The van der Waals surface area contributed by atoms with Gasteiger partial charge in [-0.2, -0.15) is 0 Å². The molecule has 5 aliphatic heterocycles. The van der Waals surface area contributed by atoms with Crippen molar-refractivity contribution in [1.29, 1.82) is 0 Å². The van der Waals surface area contributed by atoms with Crippen LogP contribution in [0.15, 0.2) is 71.9 Å². The lowest BCUT2D eigenvalue weighted by atomic mass is 9.76. The summed E-state index contributed by atoms with van der Waals surface area (Å²) in [6, 6.07) is 0. The molecule has 4 saturated heterocycles. The van der Waals surface area contributed by atoms with Gasteiger partial charge in [-0.3, -0.25) is 0 Å². The van der Waals surface area contributed by atoms with Crippen molar-refractivity contribution in [2.45, 2.75) is 276 Å². The molecule has 5 rings (SSSR count). The summed E-state index contributed by atoms with van der Waals surface area (Å²) >= 11 is 0. The fraction of sp³-hybridized carbons (Fsp3) is 0.778. The first-order valence-electron chi connectivity index (χ1n) is 30.2. The Bertz CT molecular complexity index is 2150. The number of ether oxygens (including phenoxy) is 8. The van der Waals surface area contributed by atoms with E-state index in [1.165, 1.54) is 12.2 Å².